The van der Waals surface area contributed by atoms with Gasteiger partial charge in [0.2, 0.25) is 0 Å². The number of hydrogen-bond donors (Lipinski definition) is 2. The highest BCUT2D eigenvalue weighted by molar-refractivity contribution is 6.31. The van der Waals surface area contributed by atoms with Gasteiger partial charge in [-0.25, -0.2) is 0 Å². The van der Waals surface area contributed by atoms with E-state index in [1.807, 2.05) is 6.07 Å². The highest BCUT2D eigenvalue weighted by atomic mass is 35.5. The standard InChI is InChI=1S/C14H18ClN3O/c1-10(6-13-9-19-5-4-17-13)18-12-2-3-14(15)11(7-12)8-16/h2-3,7,10,13,17-18H,4-6,9H2,1H3. The largest absolute Gasteiger partial charge is 0.382 e. The van der Waals surface area contributed by atoms with Gasteiger partial charge in [-0.15, -0.1) is 0 Å². The minimum Gasteiger partial charge on any atom is -0.382 e. The SMILES string of the molecule is CC(CC1COCCN1)Nc1ccc(Cl)c(C#N)c1. The average molecular weight is 280 g/mol. The van der Waals surface area contributed by atoms with Crippen LogP contribution < -0.4 is 10.6 Å². The minimum atomic E-state index is 0.298. The Morgan fingerprint density at radius 1 is 1.63 bits per heavy atom. The second-order valence-electron chi connectivity index (χ2n) is 4.81. The highest BCUT2D eigenvalue weighted by Gasteiger charge is 2.16. The Morgan fingerprint density at radius 2 is 2.47 bits per heavy atom. The summed E-state index contributed by atoms with van der Waals surface area (Å²) in [4.78, 5) is 0. The normalized spacial score (nSPS) is 20.6. The summed E-state index contributed by atoms with van der Waals surface area (Å²) in [5.41, 5.74) is 1.42. The van der Waals surface area contributed by atoms with Gasteiger partial charge in [0.25, 0.3) is 0 Å². The molecule has 0 aliphatic carbocycles. The third-order valence-electron chi connectivity index (χ3n) is 3.14. The predicted molar refractivity (Wildman–Crippen MR) is 76.5 cm³/mol. The van der Waals surface area contributed by atoms with Crippen molar-refractivity contribution in [1.29, 1.82) is 5.26 Å². The van der Waals surface area contributed by atoms with Gasteiger partial charge in [0.05, 0.1) is 23.8 Å². The first-order chi connectivity index (χ1) is 9.19. The number of nitrogens with one attached hydrogen (secondary N) is 2. The number of nitriles is 1. The molecule has 0 bridgehead atoms. The molecular weight excluding hydrogens is 262 g/mol. The van der Waals surface area contributed by atoms with Gasteiger partial charge < -0.3 is 15.4 Å². The zero-order valence-corrected chi connectivity index (χ0v) is 11.7. The van der Waals surface area contributed by atoms with E-state index in [9.17, 15) is 0 Å². The Labute approximate surface area is 118 Å². The van der Waals surface area contributed by atoms with Gasteiger partial charge in [0.15, 0.2) is 0 Å². The van der Waals surface area contributed by atoms with Crippen LogP contribution >= 0.6 is 11.6 Å². The molecule has 0 amide bonds. The van der Waals surface area contributed by atoms with Gasteiger partial charge in [-0.3, -0.25) is 0 Å². The molecule has 1 aromatic rings. The summed E-state index contributed by atoms with van der Waals surface area (Å²) in [6.45, 7) is 4.59. The summed E-state index contributed by atoms with van der Waals surface area (Å²) >= 11 is 5.91. The first-order valence-electron chi connectivity index (χ1n) is 6.46. The third kappa shape index (κ3) is 4.10. The first kappa shape index (κ1) is 14.1. The van der Waals surface area contributed by atoms with E-state index < -0.39 is 0 Å². The van der Waals surface area contributed by atoms with Crippen molar-refractivity contribution < 1.29 is 4.74 Å². The fourth-order valence-corrected chi connectivity index (χ4v) is 2.40. The van der Waals surface area contributed by atoms with Crippen LogP contribution in [0.2, 0.25) is 5.02 Å². The van der Waals surface area contributed by atoms with Crippen molar-refractivity contribution in [1.82, 2.24) is 5.32 Å². The maximum absolute atomic E-state index is 8.95. The Hall–Kier alpha value is -1.28. The Balaban J connectivity index is 1.91. The lowest BCUT2D eigenvalue weighted by atomic mass is 10.1. The molecule has 2 rings (SSSR count). The summed E-state index contributed by atoms with van der Waals surface area (Å²) < 4.78 is 5.43. The molecule has 4 nitrogen and oxygen atoms in total. The second kappa shape index (κ2) is 6.76. The van der Waals surface area contributed by atoms with Crippen molar-refractivity contribution in [3.63, 3.8) is 0 Å². The predicted octanol–water partition coefficient (Wildman–Crippen LogP) is 2.39. The number of nitrogens with zero attached hydrogens (tertiary/aromatic N) is 1. The van der Waals surface area contributed by atoms with Crippen LogP contribution in [0, 0.1) is 11.3 Å². The number of ether oxygens (including phenoxy) is 1. The van der Waals surface area contributed by atoms with Gasteiger partial charge in [-0.05, 0) is 31.5 Å². The molecule has 0 aromatic heterocycles. The average Bonchev–Trinajstić information content (AvgIpc) is 2.42. The Kier molecular flexibility index (Phi) is 5.03. The molecule has 1 fully saturated rings. The van der Waals surface area contributed by atoms with Crippen LogP contribution in [0.1, 0.15) is 18.9 Å². The molecule has 1 saturated heterocycles. The van der Waals surface area contributed by atoms with E-state index in [-0.39, 0.29) is 0 Å². The topological polar surface area (TPSA) is 57.1 Å². The molecule has 0 spiro atoms. The maximum Gasteiger partial charge on any atom is 0.101 e. The maximum atomic E-state index is 8.95. The lowest BCUT2D eigenvalue weighted by molar-refractivity contribution is 0.0731. The van der Waals surface area contributed by atoms with E-state index in [0.29, 0.717) is 22.7 Å². The molecule has 1 aliphatic heterocycles. The number of hydrogen-bond acceptors (Lipinski definition) is 4. The van der Waals surface area contributed by atoms with Crippen LogP contribution in [0.5, 0.6) is 0 Å². The number of rotatable bonds is 4. The molecule has 102 valence electrons. The van der Waals surface area contributed by atoms with Crippen molar-refractivity contribution in [3.05, 3.63) is 28.8 Å². The quantitative estimate of drug-likeness (QED) is 0.889. The number of morpholine rings is 1. The summed E-state index contributed by atoms with van der Waals surface area (Å²) in [6, 6.07) is 8.19. The number of benzene rings is 1. The van der Waals surface area contributed by atoms with Gasteiger partial charge in [-0.1, -0.05) is 11.6 Å². The lowest BCUT2D eigenvalue weighted by Gasteiger charge is -2.27. The zero-order valence-electron chi connectivity index (χ0n) is 10.9. The summed E-state index contributed by atoms with van der Waals surface area (Å²) in [7, 11) is 0. The van der Waals surface area contributed by atoms with Crippen molar-refractivity contribution in [3.8, 4) is 6.07 Å². The van der Waals surface area contributed by atoms with E-state index in [1.165, 1.54) is 0 Å². The van der Waals surface area contributed by atoms with E-state index in [2.05, 4.69) is 23.6 Å². The van der Waals surface area contributed by atoms with Gasteiger partial charge in [0, 0.05) is 24.3 Å². The molecular formula is C14H18ClN3O. The number of halogens is 1. The number of anilines is 1. The van der Waals surface area contributed by atoms with Crippen LogP contribution in [0.3, 0.4) is 0 Å². The molecule has 0 saturated carbocycles. The Bertz CT molecular complexity index is 466. The highest BCUT2D eigenvalue weighted by Crippen LogP contribution is 2.20. The molecule has 1 aromatic carbocycles. The monoisotopic (exact) mass is 279 g/mol. The van der Waals surface area contributed by atoms with Crippen LogP contribution in [-0.2, 0) is 4.74 Å². The molecule has 0 radical (unpaired) electrons. The molecule has 2 atom stereocenters. The minimum absolute atomic E-state index is 0.298. The summed E-state index contributed by atoms with van der Waals surface area (Å²) in [6.07, 6.45) is 0.977. The molecule has 1 aliphatic rings. The van der Waals surface area contributed by atoms with Crippen LogP contribution in [-0.4, -0.2) is 31.8 Å². The lowest BCUT2D eigenvalue weighted by Crippen LogP contribution is -2.43. The van der Waals surface area contributed by atoms with Crippen molar-refractivity contribution in [2.75, 3.05) is 25.1 Å². The van der Waals surface area contributed by atoms with Crippen LogP contribution in [0.15, 0.2) is 18.2 Å². The van der Waals surface area contributed by atoms with Gasteiger partial charge >= 0.3 is 0 Å². The summed E-state index contributed by atoms with van der Waals surface area (Å²) in [5, 5.41) is 16.3. The van der Waals surface area contributed by atoms with Crippen molar-refractivity contribution in [2.24, 2.45) is 0 Å². The van der Waals surface area contributed by atoms with Crippen LogP contribution in [0.4, 0.5) is 5.69 Å². The van der Waals surface area contributed by atoms with E-state index in [0.717, 1.165) is 31.9 Å². The Morgan fingerprint density at radius 3 is 3.16 bits per heavy atom. The fourth-order valence-electron chi connectivity index (χ4n) is 2.24. The first-order valence-corrected chi connectivity index (χ1v) is 6.84. The van der Waals surface area contributed by atoms with Crippen molar-refractivity contribution >= 4 is 17.3 Å². The van der Waals surface area contributed by atoms with E-state index in [4.69, 9.17) is 21.6 Å². The van der Waals surface area contributed by atoms with E-state index >= 15 is 0 Å². The van der Waals surface area contributed by atoms with Crippen molar-refractivity contribution in [2.45, 2.75) is 25.4 Å². The fraction of sp³-hybridized carbons (Fsp3) is 0.500. The molecule has 1 heterocycles. The molecule has 2 N–H and O–H groups in total. The van der Waals surface area contributed by atoms with Gasteiger partial charge in [0.1, 0.15) is 6.07 Å². The third-order valence-corrected chi connectivity index (χ3v) is 3.47. The summed E-state index contributed by atoms with van der Waals surface area (Å²) in [5.74, 6) is 0. The molecule has 19 heavy (non-hydrogen) atoms. The van der Waals surface area contributed by atoms with E-state index in [1.54, 1.807) is 12.1 Å². The smallest absolute Gasteiger partial charge is 0.101 e. The van der Waals surface area contributed by atoms with Gasteiger partial charge in [-0.2, -0.15) is 5.26 Å². The molecule has 5 heteroatoms. The van der Waals surface area contributed by atoms with Crippen LogP contribution in [0.25, 0.3) is 0 Å². The zero-order chi connectivity index (χ0) is 13.7. The molecule has 2 unspecified atom stereocenters. The second-order valence-corrected chi connectivity index (χ2v) is 5.22.